The Morgan fingerprint density at radius 2 is 1.95 bits per heavy atom. The minimum Gasteiger partial charge on any atom is -0.450 e. The molecule has 0 bridgehead atoms. The molecule has 1 N–H and O–H groups in total. The normalized spacial score (nSPS) is 10.3. The predicted octanol–water partition coefficient (Wildman–Crippen LogP) is 3.67. The highest BCUT2D eigenvalue weighted by atomic mass is 35.5. The predicted molar refractivity (Wildman–Crippen MR) is 70.5 cm³/mol. The molecular weight excluding hydrogens is 289 g/mol. The molecule has 5 nitrogen and oxygen atoms in total. The van der Waals surface area contributed by atoms with E-state index in [0.717, 1.165) is 12.1 Å². The van der Waals surface area contributed by atoms with Crippen molar-refractivity contribution >= 4 is 17.3 Å². The number of ether oxygens (including phenoxy) is 1. The van der Waals surface area contributed by atoms with Crippen molar-refractivity contribution in [1.82, 2.24) is 0 Å². The molecule has 2 rings (SSSR count). The van der Waals surface area contributed by atoms with Crippen LogP contribution in [0, 0.1) is 15.9 Å². The van der Waals surface area contributed by atoms with Crippen LogP contribution in [0.15, 0.2) is 36.4 Å². The first-order valence-corrected chi connectivity index (χ1v) is 5.90. The molecule has 7 heteroatoms. The molecule has 0 atom stereocenters. The molecule has 104 valence electrons. The van der Waals surface area contributed by atoms with E-state index in [1.165, 1.54) is 12.1 Å². The van der Waals surface area contributed by atoms with E-state index in [2.05, 4.69) is 0 Å². The first kappa shape index (κ1) is 14.2. The fourth-order valence-corrected chi connectivity index (χ4v) is 1.69. The van der Waals surface area contributed by atoms with Gasteiger partial charge < -0.3 is 9.84 Å². The summed E-state index contributed by atoms with van der Waals surface area (Å²) in [5, 5.41) is 19.4. The molecule has 0 amide bonds. The summed E-state index contributed by atoms with van der Waals surface area (Å²) >= 11 is 5.51. The van der Waals surface area contributed by atoms with E-state index >= 15 is 0 Å². The van der Waals surface area contributed by atoms with Gasteiger partial charge in [-0.1, -0.05) is 23.7 Å². The Hall–Kier alpha value is -2.18. The Bertz CT molecular complexity index is 646. The zero-order valence-electron chi connectivity index (χ0n) is 10.0. The number of rotatable bonds is 4. The molecule has 0 heterocycles. The van der Waals surface area contributed by atoms with Gasteiger partial charge in [0.2, 0.25) is 5.75 Å². The summed E-state index contributed by atoms with van der Waals surface area (Å²) in [4.78, 5) is 10.2. The van der Waals surface area contributed by atoms with Crippen LogP contribution in [0.1, 0.15) is 5.56 Å². The molecule has 0 aliphatic rings. The number of hydrogen-bond acceptors (Lipinski definition) is 4. The molecule has 20 heavy (non-hydrogen) atoms. The van der Waals surface area contributed by atoms with Crippen molar-refractivity contribution < 1.29 is 19.2 Å². The minimum absolute atomic E-state index is 0.129. The van der Waals surface area contributed by atoms with Gasteiger partial charge in [0.15, 0.2) is 0 Å². The maximum Gasteiger partial charge on any atom is 0.313 e. The van der Waals surface area contributed by atoms with Crippen LogP contribution in [0.4, 0.5) is 10.1 Å². The number of hydrogen-bond donors (Lipinski definition) is 1. The molecule has 2 aromatic rings. The van der Waals surface area contributed by atoms with Crippen LogP contribution in [-0.4, -0.2) is 10.0 Å². The summed E-state index contributed by atoms with van der Waals surface area (Å²) in [7, 11) is 0. The third-order valence-corrected chi connectivity index (χ3v) is 2.82. The number of nitro benzene ring substituents is 1. The molecule has 2 aromatic carbocycles. The zero-order chi connectivity index (χ0) is 14.7. The van der Waals surface area contributed by atoms with E-state index in [0.29, 0.717) is 5.56 Å². The van der Waals surface area contributed by atoms with Crippen molar-refractivity contribution in [3.63, 3.8) is 0 Å². The molecule has 0 aliphatic carbocycles. The van der Waals surface area contributed by atoms with Crippen LogP contribution in [0.2, 0.25) is 5.02 Å². The molecule has 0 aromatic heterocycles. The second-order valence-corrected chi connectivity index (χ2v) is 4.30. The second-order valence-electron chi connectivity index (χ2n) is 3.90. The maximum atomic E-state index is 13.4. The SMILES string of the molecule is O=[N+]([O-])c1cc(Cl)c(F)cc1Oc1ccc(CO)cc1. The van der Waals surface area contributed by atoms with E-state index in [4.69, 9.17) is 21.4 Å². The molecule has 0 fully saturated rings. The van der Waals surface area contributed by atoms with Crippen molar-refractivity contribution in [3.05, 3.63) is 62.9 Å². The summed E-state index contributed by atoms with van der Waals surface area (Å²) in [5.41, 5.74) is 0.233. The van der Waals surface area contributed by atoms with Crippen molar-refractivity contribution in [2.45, 2.75) is 6.61 Å². The lowest BCUT2D eigenvalue weighted by Crippen LogP contribution is -1.95. The molecule has 0 aliphatic heterocycles. The molecule has 0 spiro atoms. The smallest absolute Gasteiger partial charge is 0.313 e. The number of halogens is 2. The Balaban J connectivity index is 2.36. The van der Waals surface area contributed by atoms with Gasteiger partial charge in [0.25, 0.3) is 0 Å². The average Bonchev–Trinajstić information content (AvgIpc) is 2.43. The summed E-state index contributed by atoms with van der Waals surface area (Å²) in [5.74, 6) is -0.764. The van der Waals surface area contributed by atoms with E-state index in [9.17, 15) is 14.5 Å². The van der Waals surface area contributed by atoms with Crippen LogP contribution < -0.4 is 4.74 Å². The first-order valence-electron chi connectivity index (χ1n) is 5.52. The van der Waals surface area contributed by atoms with Crippen LogP contribution in [0.25, 0.3) is 0 Å². The van der Waals surface area contributed by atoms with Crippen LogP contribution >= 0.6 is 11.6 Å². The summed E-state index contributed by atoms with van der Waals surface area (Å²) in [6.45, 7) is -0.129. The number of nitro groups is 1. The molecular formula is C13H9ClFNO4. The average molecular weight is 298 g/mol. The third kappa shape index (κ3) is 3.04. The maximum absolute atomic E-state index is 13.4. The van der Waals surface area contributed by atoms with Gasteiger partial charge in [-0.3, -0.25) is 10.1 Å². The van der Waals surface area contributed by atoms with Crippen molar-refractivity contribution in [3.8, 4) is 11.5 Å². The van der Waals surface area contributed by atoms with E-state index < -0.39 is 16.4 Å². The van der Waals surface area contributed by atoms with Gasteiger partial charge in [0.1, 0.15) is 11.6 Å². The first-order chi connectivity index (χ1) is 9.51. The summed E-state index contributed by atoms with van der Waals surface area (Å²) in [6.07, 6.45) is 0. The molecule has 0 radical (unpaired) electrons. The van der Waals surface area contributed by atoms with Gasteiger partial charge in [-0.15, -0.1) is 0 Å². The fourth-order valence-electron chi connectivity index (χ4n) is 1.53. The van der Waals surface area contributed by atoms with Crippen LogP contribution in [-0.2, 0) is 6.61 Å². The Kier molecular flexibility index (Phi) is 4.16. The van der Waals surface area contributed by atoms with E-state index in [1.54, 1.807) is 12.1 Å². The van der Waals surface area contributed by atoms with Gasteiger partial charge >= 0.3 is 5.69 Å². The largest absolute Gasteiger partial charge is 0.450 e. The van der Waals surface area contributed by atoms with Crippen LogP contribution in [0.3, 0.4) is 0 Å². The van der Waals surface area contributed by atoms with Gasteiger partial charge in [-0.05, 0) is 17.7 Å². The zero-order valence-corrected chi connectivity index (χ0v) is 10.8. The Labute approximate surface area is 118 Å². The second kappa shape index (κ2) is 5.85. The molecule has 0 saturated carbocycles. The van der Waals surface area contributed by atoms with Crippen molar-refractivity contribution in [2.75, 3.05) is 0 Å². The van der Waals surface area contributed by atoms with Gasteiger partial charge in [-0.2, -0.15) is 0 Å². The minimum atomic E-state index is -0.806. The number of nitrogens with zero attached hydrogens (tertiary/aromatic N) is 1. The Morgan fingerprint density at radius 1 is 1.30 bits per heavy atom. The highest BCUT2D eigenvalue weighted by Gasteiger charge is 2.19. The lowest BCUT2D eigenvalue weighted by molar-refractivity contribution is -0.385. The fraction of sp³-hybridized carbons (Fsp3) is 0.0769. The van der Waals surface area contributed by atoms with Crippen molar-refractivity contribution in [2.24, 2.45) is 0 Å². The topological polar surface area (TPSA) is 72.6 Å². The van der Waals surface area contributed by atoms with Crippen molar-refractivity contribution in [1.29, 1.82) is 0 Å². The number of aliphatic hydroxyl groups is 1. The number of aliphatic hydroxyl groups excluding tert-OH is 1. The highest BCUT2D eigenvalue weighted by Crippen LogP contribution is 2.35. The van der Waals surface area contributed by atoms with Crippen LogP contribution in [0.5, 0.6) is 11.5 Å². The number of benzene rings is 2. The summed E-state index contributed by atoms with van der Waals surface area (Å²) in [6, 6.07) is 7.97. The van der Waals surface area contributed by atoms with Gasteiger partial charge in [0, 0.05) is 12.1 Å². The standard InChI is InChI=1S/C13H9ClFNO4/c14-10-5-12(16(18)19)13(6-11(10)15)20-9-3-1-8(7-17)2-4-9/h1-6,17H,7H2. The molecule has 0 saturated heterocycles. The third-order valence-electron chi connectivity index (χ3n) is 2.53. The lowest BCUT2D eigenvalue weighted by Gasteiger charge is -2.07. The summed E-state index contributed by atoms with van der Waals surface area (Å²) < 4.78 is 18.7. The van der Waals surface area contributed by atoms with E-state index in [1.807, 2.05) is 0 Å². The van der Waals surface area contributed by atoms with Gasteiger partial charge in [0.05, 0.1) is 16.6 Å². The lowest BCUT2D eigenvalue weighted by atomic mass is 10.2. The highest BCUT2D eigenvalue weighted by molar-refractivity contribution is 6.31. The molecule has 0 unspecified atom stereocenters. The van der Waals surface area contributed by atoms with E-state index in [-0.39, 0.29) is 23.1 Å². The van der Waals surface area contributed by atoms with Gasteiger partial charge in [-0.25, -0.2) is 4.39 Å². The quantitative estimate of drug-likeness (QED) is 0.690. The Morgan fingerprint density at radius 3 is 2.50 bits per heavy atom. The monoisotopic (exact) mass is 297 g/mol.